The van der Waals surface area contributed by atoms with Crippen molar-refractivity contribution in [3.05, 3.63) is 17.7 Å². The third-order valence-corrected chi connectivity index (χ3v) is 2.19. The molecule has 0 aliphatic heterocycles. The van der Waals surface area contributed by atoms with Gasteiger partial charge in [0, 0.05) is 18.7 Å². The zero-order chi connectivity index (χ0) is 12.8. The maximum Gasteiger partial charge on any atom is 0.233 e. The molecular formula is C11H16N2O4. The van der Waals surface area contributed by atoms with Crippen molar-refractivity contribution in [2.45, 2.75) is 13.5 Å². The normalized spacial score (nSPS) is 10.2. The minimum absolute atomic E-state index is 0.120. The summed E-state index contributed by atoms with van der Waals surface area (Å²) >= 11 is 0. The highest BCUT2D eigenvalue weighted by atomic mass is 16.3. The Hall–Kier alpha value is -1.95. The molecule has 0 aliphatic carbocycles. The molecule has 0 spiro atoms. The Morgan fingerprint density at radius 2 is 1.94 bits per heavy atom. The van der Waals surface area contributed by atoms with Gasteiger partial charge >= 0.3 is 0 Å². The summed E-state index contributed by atoms with van der Waals surface area (Å²) in [6.45, 7) is 2.72. The second kappa shape index (κ2) is 5.95. The predicted octanol–water partition coefficient (Wildman–Crippen LogP) is 0.0291. The molecule has 0 atom stereocenters. The molecule has 5 N–H and O–H groups in total. The van der Waals surface area contributed by atoms with Crippen LogP contribution in [0.25, 0.3) is 0 Å². The first-order chi connectivity index (χ1) is 8.06. The summed E-state index contributed by atoms with van der Waals surface area (Å²) in [5, 5.41) is 33.3. The van der Waals surface area contributed by atoms with Gasteiger partial charge in [0.2, 0.25) is 11.7 Å². The van der Waals surface area contributed by atoms with Gasteiger partial charge in [-0.25, -0.2) is 0 Å². The number of hydrogen-bond acceptors (Lipinski definition) is 5. The number of rotatable bonds is 5. The summed E-state index contributed by atoms with van der Waals surface area (Å²) in [7, 11) is 0. The summed E-state index contributed by atoms with van der Waals surface area (Å²) < 4.78 is 0. The largest absolute Gasteiger partial charge is 0.504 e. The lowest BCUT2D eigenvalue weighted by Gasteiger charge is -2.08. The lowest BCUT2D eigenvalue weighted by atomic mass is 10.1. The third-order valence-electron chi connectivity index (χ3n) is 2.19. The van der Waals surface area contributed by atoms with Crippen LogP contribution in [0.15, 0.2) is 12.1 Å². The van der Waals surface area contributed by atoms with Gasteiger partial charge in [0.05, 0.1) is 6.54 Å². The fraction of sp³-hybridized carbons (Fsp3) is 0.364. The maximum absolute atomic E-state index is 11.1. The molecule has 0 saturated carbocycles. The van der Waals surface area contributed by atoms with Crippen LogP contribution in [0.5, 0.6) is 17.2 Å². The Bertz CT molecular complexity index is 407. The number of aromatic hydroxyl groups is 3. The van der Waals surface area contributed by atoms with Gasteiger partial charge in [-0.05, 0) is 13.0 Å². The predicted molar refractivity (Wildman–Crippen MR) is 61.8 cm³/mol. The second-order valence-electron chi connectivity index (χ2n) is 3.50. The average molecular weight is 240 g/mol. The first-order valence-electron chi connectivity index (χ1n) is 5.26. The number of benzene rings is 1. The van der Waals surface area contributed by atoms with E-state index < -0.39 is 5.75 Å². The SMILES string of the molecule is CCNC(=O)CNCc1ccc(O)c(O)c1O. The molecule has 94 valence electrons. The number of amides is 1. The molecule has 1 aromatic carbocycles. The zero-order valence-corrected chi connectivity index (χ0v) is 9.53. The van der Waals surface area contributed by atoms with E-state index >= 15 is 0 Å². The van der Waals surface area contributed by atoms with Crippen molar-refractivity contribution >= 4 is 5.91 Å². The highest BCUT2D eigenvalue weighted by Gasteiger charge is 2.10. The van der Waals surface area contributed by atoms with Gasteiger partial charge in [0.25, 0.3) is 0 Å². The molecule has 1 rings (SSSR count). The van der Waals surface area contributed by atoms with Crippen molar-refractivity contribution in [3.63, 3.8) is 0 Å². The minimum atomic E-state index is -0.553. The molecule has 1 aromatic rings. The lowest BCUT2D eigenvalue weighted by molar-refractivity contribution is -0.120. The molecular weight excluding hydrogens is 224 g/mol. The topological polar surface area (TPSA) is 102 Å². The van der Waals surface area contributed by atoms with E-state index in [1.165, 1.54) is 12.1 Å². The standard InChI is InChI=1S/C11H16N2O4/c1-2-13-9(15)6-12-5-7-3-4-8(14)11(17)10(7)16/h3-4,12,14,16-17H,2,5-6H2,1H3,(H,13,15). The van der Waals surface area contributed by atoms with Gasteiger partial charge in [-0.2, -0.15) is 0 Å². The zero-order valence-electron chi connectivity index (χ0n) is 9.53. The molecule has 0 unspecified atom stereocenters. The van der Waals surface area contributed by atoms with Crippen LogP contribution in [0.3, 0.4) is 0 Å². The molecule has 6 heteroatoms. The van der Waals surface area contributed by atoms with Gasteiger partial charge in [-0.15, -0.1) is 0 Å². The molecule has 1 amide bonds. The summed E-state index contributed by atoms with van der Waals surface area (Å²) in [5.41, 5.74) is 0.407. The number of carbonyl (C=O) groups excluding carboxylic acids is 1. The van der Waals surface area contributed by atoms with E-state index in [2.05, 4.69) is 10.6 Å². The number of carbonyl (C=O) groups is 1. The van der Waals surface area contributed by atoms with E-state index in [0.717, 1.165) is 0 Å². The van der Waals surface area contributed by atoms with Crippen LogP contribution in [-0.4, -0.2) is 34.3 Å². The molecule has 0 bridgehead atoms. The first-order valence-corrected chi connectivity index (χ1v) is 5.26. The molecule has 0 aromatic heterocycles. The van der Waals surface area contributed by atoms with Crippen LogP contribution in [0.4, 0.5) is 0 Å². The van der Waals surface area contributed by atoms with E-state index in [0.29, 0.717) is 12.1 Å². The highest BCUT2D eigenvalue weighted by Crippen LogP contribution is 2.36. The van der Waals surface area contributed by atoms with Gasteiger partial charge in [-0.1, -0.05) is 6.07 Å². The van der Waals surface area contributed by atoms with Gasteiger partial charge in [0.1, 0.15) is 0 Å². The molecule has 0 radical (unpaired) electrons. The lowest BCUT2D eigenvalue weighted by Crippen LogP contribution is -2.33. The number of likely N-dealkylation sites (N-methyl/N-ethyl adjacent to an activating group) is 1. The fourth-order valence-corrected chi connectivity index (χ4v) is 1.32. The number of phenolic OH excluding ortho intramolecular Hbond substituents is 3. The van der Waals surface area contributed by atoms with Gasteiger partial charge < -0.3 is 26.0 Å². The van der Waals surface area contributed by atoms with E-state index in [4.69, 9.17) is 5.11 Å². The molecule has 0 saturated heterocycles. The van der Waals surface area contributed by atoms with E-state index in [1.807, 2.05) is 6.92 Å². The average Bonchev–Trinajstić information content (AvgIpc) is 2.29. The Labute approximate surface area is 98.9 Å². The van der Waals surface area contributed by atoms with Crippen LogP contribution in [-0.2, 0) is 11.3 Å². The molecule has 0 fully saturated rings. The molecule has 0 heterocycles. The van der Waals surface area contributed by atoms with Crippen molar-refractivity contribution < 1.29 is 20.1 Å². The summed E-state index contributed by atoms with van der Waals surface area (Å²) in [4.78, 5) is 11.1. The van der Waals surface area contributed by atoms with Crippen molar-refractivity contribution in [3.8, 4) is 17.2 Å². The molecule has 17 heavy (non-hydrogen) atoms. The Morgan fingerprint density at radius 3 is 2.59 bits per heavy atom. The fourth-order valence-electron chi connectivity index (χ4n) is 1.32. The van der Waals surface area contributed by atoms with Gasteiger partial charge in [0.15, 0.2) is 11.5 Å². The maximum atomic E-state index is 11.1. The molecule has 6 nitrogen and oxygen atoms in total. The monoisotopic (exact) mass is 240 g/mol. The second-order valence-corrected chi connectivity index (χ2v) is 3.50. The highest BCUT2D eigenvalue weighted by molar-refractivity contribution is 5.77. The summed E-state index contributed by atoms with van der Waals surface area (Å²) in [6.07, 6.45) is 0. The van der Waals surface area contributed by atoms with Crippen molar-refractivity contribution in [2.75, 3.05) is 13.1 Å². The van der Waals surface area contributed by atoms with Crippen molar-refractivity contribution in [1.29, 1.82) is 0 Å². The number of phenols is 3. The van der Waals surface area contributed by atoms with Crippen LogP contribution >= 0.6 is 0 Å². The van der Waals surface area contributed by atoms with Crippen LogP contribution in [0.1, 0.15) is 12.5 Å². The van der Waals surface area contributed by atoms with Crippen molar-refractivity contribution in [1.82, 2.24) is 10.6 Å². The van der Waals surface area contributed by atoms with Crippen LogP contribution in [0.2, 0.25) is 0 Å². The summed E-state index contributed by atoms with van der Waals surface area (Å²) in [6, 6.07) is 2.74. The third kappa shape index (κ3) is 3.53. The Balaban J connectivity index is 2.53. The minimum Gasteiger partial charge on any atom is -0.504 e. The van der Waals surface area contributed by atoms with Gasteiger partial charge in [-0.3, -0.25) is 4.79 Å². The first kappa shape index (κ1) is 13.1. The Morgan fingerprint density at radius 1 is 1.24 bits per heavy atom. The molecule has 0 aliphatic rings. The van der Waals surface area contributed by atoms with Crippen LogP contribution < -0.4 is 10.6 Å². The number of nitrogens with one attached hydrogen (secondary N) is 2. The quantitative estimate of drug-likeness (QED) is 0.467. The van der Waals surface area contributed by atoms with E-state index in [9.17, 15) is 15.0 Å². The van der Waals surface area contributed by atoms with Crippen LogP contribution in [0, 0.1) is 0 Å². The number of hydrogen-bond donors (Lipinski definition) is 5. The van der Waals surface area contributed by atoms with Crippen molar-refractivity contribution in [2.24, 2.45) is 0 Å². The van der Waals surface area contributed by atoms with E-state index in [1.54, 1.807) is 0 Å². The van der Waals surface area contributed by atoms with E-state index in [-0.39, 0.29) is 30.5 Å². The summed E-state index contributed by atoms with van der Waals surface area (Å²) in [5.74, 6) is -1.46. The Kier molecular flexibility index (Phi) is 4.59. The smallest absolute Gasteiger partial charge is 0.233 e.